The molecule has 3 heteroatoms. The van der Waals surface area contributed by atoms with Gasteiger partial charge in [0.25, 0.3) is 0 Å². The number of benzene rings is 1. The van der Waals surface area contributed by atoms with Crippen LogP contribution in [0, 0.1) is 9.49 Å². The molecule has 1 aromatic carbocycles. The lowest BCUT2D eigenvalue weighted by atomic mass is 10.0. The molecule has 1 heterocycles. The summed E-state index contributed by atoms with van der Waals surface area (Å²) in [6, 6.07) is 8.24. The smallest absolute Gasteiger partial charge is 0.119 e. The van der Waals surface area contributed by atoms with Gasteiger partial charge in [0, 0.05) is 16.0 Å². The highest BCUT2D eigenvalue weighted by Crippen LogP contribution is 2.16. The number of nitrogens with one attached hydrogen (secondary N) is 1. The number of halogens is 1. The molecule has 2 nitrogen and oxygen atoms in total. The lowest BCUT2D eigenvalue weighted by molar-refractivity contribution is 0.218. The fourth-order valence-corrected chi connectivity index (χ4v) is 2.17. The molecular weight excluding hydrogens is 301 g/mol. The minimum absolute atomic E-state index is 0.679. The lowest BCUT2D eigenvalue weighted by Gasteiger charge is -2.22. The van der Waals surface area contributed by atoms with Gasteiger partial charge in [-0.05, 0) is 66.2 Å². The normalized spacial score (nSPS) is 21.3. The SMILES string of the molecule is Ic1ccc(OCC2CCCNC2)cc1. The molecular formula is C12H16INO. The van der Waals surface area contributed by atoms with Gasteiger partial charge in [-0.15, -0.1) is 0 Å². The summed E-state index contributed by atoms with van der Waals surface area (Å²) < 4.78 is 7.01. The third-order valence-electron chi connectivity index (χ3n) is 2.70. The zero-order chi connectivity index (χ0) is 10.5. The predicted octanol–water partition coefficient (Wildman–Crippen LogP) is 2.67. The van der Waals surface area contributed by atoms with Crippen LogP contribution in [-0.2, 0) is 0 Å². The van der Waals surface area contributed by atoms with Crippen LogP contribution in [0.25, 0.3) is 0 Å². The fourth-order valence-electron chi connectivity index (χ4n) is 1.81. The molecule has 1 N–H and O–H groups in total. The van der Waals surface area contributed by atoms with Gasteiger partial charge >= 0.3 is 0 Å². The molecule has 1 aliphatic heterocycles. The van der Waals surface area contributed by atoms with Gasteiger partial charge < -0.3 is 10.1 Å². The van der Waals surface area contributed by atoms with Crippen molar-refractivity contribution >= 4 is 22.6 Å². The molecule has 1 aromatic rings. The number of hydrogen-bond donors (Lipinski definition) is 1. The summed E-state index contributed by atoms with van der Waals surface area (Å²) in [7, 11) is 0. The first-order chi connectivity index (χ1) is 7.34. The highest BCUT2D eigenvalue weighted by atomic mass is 127. The van der Waals surface area contributed by atoms with Crippen LogP contribution in [0.1, 0.15) is 12.8 Å². The van der Waals surface area contributed by atoms with Crippen molar-refractivity contribution in [3.63, 3.8) is 0 Å². The molecule has 82 valence electrons. The molecule has 0 saturated carbocycles. The van der Waals surface area contributed by atoms with E-state index in [1.165, 1.54) is 23.0 Å². The van der Waals surface area contributed by atoms with Gasteiger partial charge in [0.1, 0.15) is 5.75 Å². The molecule has 1 aliphatic rings. The van der Waals surface area contributed by atoms with Crippen LogP contribution in [0.15, 0.2) is 24.3 Å². The molecule has 1 fully saturated rings. The number of ether oxygens (including phenoxy) is 1. The Hall–Kier alpha value is -0.290. The van der Waals surface area contributed by atoms with Crippen molar-refractivity contribution in [2.75, 3.05) is 19.7 Å². The zero-order valence-corrected chi connectivity index (χ0v) is 10.9. The monoisotopic (exact) mass is 317 g/mol. The Morgan fingerprint density at radius 1 is 1.33 bits per heavy atom. The maximum absolute atomic E-state index is 5.76. The molecule has 0 aromatic heterocycles. The second-order valence-electron chi connectivity index (χ2n) is 3.98. The molecule has 1 atom stereocenters. The molecule has 1 unspecified atom stereocenters. The van der Waals surface area contributed by atoms with E-state index in [1.807, 2.05) is 12.1 Å². The number of piperidine rings is 1. The molecule has 15 heavy (non-hydrogen) atoms. The second-order valence-corrected chi connectivity index (χ2v) is 5.22. The molecule has 0 spiro atoms. The number of rotatable bonds is 3. The van der Waals surface area contributed by atoms with Crippen molar-refractivity contribution in [1.82, 2.24) is 5.32 Å². The first-order valence-electron chi connectivity index (χ1n) is 5.44. The van der Waals surface area contributed by atoms with E-state index in [4.69, 9.17) is 4.74 Å². The fraction of sp³-hybridized carbons (Fsp3) is 0.500. The Morgan fingerprint density at radius 2 is 2.13 bits per heavy atom. The number of hydrogen-bond acceptors (Lipinski definition) is 2. The summed E-state index contributed by atoms with van der Waals surface area (Å²) in [6.07, 6.45) is 2.57. The van der Waals surface area contributed by atoms with Gasteiger partial charge in [-0.3, -0.25) is 0 Å². The summed E-state index contributed by atoms with van der Waals surface area (Å²) in [6.45, 7) is 3.11. The Labute approximate surface area is 105 Å². The van der Waals surface area contributed by atoms with E-state index >= 15 is 0 Å². The van der Waals surface area contributed by atoms with E-state index in [9.17, 15) is 0 Å². The summed E-state index contributed by atoms with van der Waals surface area (Å²) in [5.41, 5.74) is 0. The largest absolute Gasteiger partial charge is 0.493 e. The highest BCUT2D eigenvalue weighted by Gasteiger charge is 2.13. The Morgan fingerprint density at radius 3 is 2.80 bits per heavy atom. The summed E-state index contributed by atoms with van der Waals surface area (Å²) >= 11 is 2.30. The Balaban J connectivity index is 1.79. The summed E-state index contributed by atoms with van der Waals surface area (Å²) in [5.74, 6) is 1.67. The summed E-state index contributed by atoms with van der Waals surface area (Å²) in [5, 5.41) is 3.40. The van der Waals surface area contributed by atoms with Crippen molar-refractivity contribution in [1.29, 1.82) is 0 Å². The maximum Gasteiger partial charge on any atom is 0.119 e. The van der Waals surface area contributed by atoms with Crippen LogP contribution in [0.5, 0.6) is 5.75 Å². The average Bonchev–Trinajstić information content (AvgIpc) is 2.30. The summed E-state index contributed by atoms with van der Waals surface area (Å²) in [4.78, 5) is 0. The van der Waals surface area contributed by atoms with E-state index in [0.29, 0.717) is 5.92 Å². The van der Waals surface area contributed by atoms with Crippen LogP contribution in [0.4, 0.5) is 0 Å². The van der Waals surface area contributed by atoms with Crippen molar-refractivity contribution < 1.29 is 4.74 Å². The Bertz CT molecular complexity index is 293. The van der Waals surface area contributed by atoms with E-state index in [-0.39, 0.29) is 0 Å². The van der Waals surface area contributed by atoms with Crippen LogP contribution in [0.2, 0.25) is 0 Å². The molecule has 0 bridgehead atoms. The first-order valence-corrected chi connectivity index (χ1v) is 6.51. The van der Waals surface area contributed by atoms with Crippen LogP contribution < -0.4 is 10.1 Å². The van der Waals surface area contributed by atoms with Crippen molar-refractivity contribution in [3.05, 3.63) is 27.8 Å². The van der Waals surface area contributed by atoms with Crippen molar-refractivity contribution in [3.8, 4) is 5.75 Å². The minimum atomic E-state index is 0.679. The zero-order valence-electron chi connectivity index (χ0n) is 8.71. The van der Waals surface area contributed by atoms with Gasteiger partial charge in [0.2, 0.25) is 0 Å². The predicted molar refractivity (Wildman–Crippen MR) is 70.2 cm³/mol. The molecule has 0 amide bonds. The standard InChI is InChI=1S/C12H16INO/c13-11-3-5-12(6-4-11)15-9-10-2-1-7-14-8-10/h3-6,10,14H,1-2,7-9H2. The lowest BCUT2D eigenvalue weighted by Crippen LogP contribution is -2.33. The van der Waals surface area contributed by atoms with Gasteiger partial charge in [0.05, 0.1) is 6.61 Å². The second kappa shape index (κ2) is 5.70. The Kier molecular flexibility index (Phi) is 4.26. The maximum atomic E-state index is 5.76. The van der Waals surface area contributed by atoms with E-state index in [0.717, 1.165) is 18.9 Å². The highest BCUT2D eigenvalue weighted by molar-refractivity contribution is 14.1. The third kappa shape index (κ3) is 3.65. The average molecular weight is 317 g/mol. The van der Waals surface area contributed by atoms with Gasteiger partial charge in [-0.2, -0.15) is 0 Å². The minimum Gasteiger partial charge on any atom is -0.493 e. The molecule has 0 radical (unpaired) electrons. The van der Waals surface area contributed by atoms with Crippen molar-refractivity contribution in [2.45, 2.75) is 12.8 Å². The first kappa shape index (κ1) is 11.2. The van der Waals surface area contributed by atoms with E-state index in [1.54, 1.807) is 0 Å². The molecule has 1 saturated heterocycles. The molecule has 2 rings (SSSR count). The van der Waals surface area contributed by atoms with E-state index < -0.39 is 0 Å². The van der Waals surface area contributed by atoms with Crippen molar-refractivity contribution in [2.24, 2.45) is 5.92 Å². The van der Waals surface area contributed by atoms with Gasteiger partial charge in [0.15, 0.2) is 0 Å². The van der Waals surface area contributed by atoms with Crippen LogP contribution in [0.3, 0.4) is 0 Å². The third-order valence-corrected chi connectivity index (χ3v) is 3.42. The van der Waals surface area contributed by atoms with E-state index in [2.05, 4.69) is 40.0 Å². The van der Waals surface area contributed by atoms with Crippen LogP contribution >= 0.6 is 22.6 Å². The quantitative estimate of drug-likeness (QED) is 0.866. The van der Waals surface area contributed by atoms with Crippen LogP contribution in [-0.4, -0.2) is 19.7 Å². The van der Waals surface area contributed by atoms with Gasteiger partial charge in [-0.1, -0.05) is 0 Å². The topological polar surface area (TPSA) is 21.3 Å². The molecule has 0 aliphatic carbocycles. The van der Waals surface area contributed by atoms with Gasteiger partial charge in [-0.25, -0.2) is 0 Å².